The summed E-state index contributed by atoms with van der Waals surface area (Å²) in [5.74, 6) is -2.09. The van der Waals surface area contributed by atoms with E-state index in [4.69, 9.17) is 4.74 Å². The number of carbonyl (C=O) groups excluding carboxylic acids is 1. The second-order valence-electron chi connectivity index (χ2n) is 5.19. The van der Waals surface area contributed by atoms with Crippen molar-refractivity contribution in [1.29, 1.82) is 0 Å². The van der Waals surface area contributed by atoms with Crippen molar-refractivity contribution in [2.45, 2.75) is 20.8 Å². The number of anilines is 1. The Morgan fingerprint density at radius 1 is 1.09 bits per heavy atom. The number of nitrogens with one attached hydrogen (secondary N) is 1. The van der Waals surface area contributed by atoms with Crippen LogP contribution < -0.4 is 10.1 Å². The largest absolute Gasteiger partial charge is 0.481 e. The lowest BCUT2D eigenvalue weighted by Gasteiger charge is -2.13. The van der Waals surface area contributed by atoms with E-state index in [-0.39, 0.29) is 12.4 Å². The number of halogens is 2. The number of aryl methyl sites for hydroxylation is 3. The number of hydrogen-bond acceptors (Lipinski definition) is 2. The van der Waals surface area contributed by atoms with Crippen LogP contribution in [0.25, 0.3) is 0 Å². The molecule has 0 unspecified atom stereocenters. The molecule has 0 bridgehead atoms. The molecular weight excluding hydrogens is 288 g/mol. The second-order valence-corrected chi connectivity index (χ2v) is 5.19. The third-order valence-corrected chi connectivity index (χ3v) is 3.19. The first kappa shape index (κ1) is 15.9. The minimum Gasteiger partial charge on any atom is -0.481 e. The van der Waals surface area contributed by atoms with Crippen LogP contribution in [0.15, 0.2) is 30.3 Å². The number of amides is 1. The van der Waals surface area contributed by atoms with E-state index in [1.165, 1.54) is 0 Å². The lowest BCUT2D eigenvalue weighted by molar-refractivity contribution is -0.118. The van der Waals surface area contributed by atoms with Gasteiger partial charge in [-0.15, -0.1) is 0 Å². The van der Waals surface area contributed by atoms with Crippen molar-refractivity contribution < 1.29 is 18.3 Å². The molecule has 5 heteroatoms. The van der Waals surface area contributed by atoms with Gasteiger partial charge >= 0.3 is 0 Å². The van der Waals surface area contributed by atoms with E-state index in [0.717, 1.165) is 34.5 Å². The summed E-state index contributed by atoms with van der Waals surface area (Å²) in [6.07, 6.45) is 0. The minimum absolute atomic E-state index is 0.158. The highest BCUT2D eigenvalue weighted by Crippen LogP contribution is 2.22. The zero-order valence-electron chi connectivity index (χ0n) is 12.7. The predicted molar refractivity (Wildman–Crippen MR) is 81.1 cm³/mol. The summed E-state index contributed by atoms with van der Waals surface area (Å²) in [6.45, 7) is 5.42. The van der Waals surface area contributed by atoms with Gasteiger partial charge in [-0.3, -0.25) is 4.79 Å². The fourth-order valence-electron chi connectivity index (χ4n) is 2.29. The van der Waals surface area contributed by atoms with Crippen molar-refractivity contribution in [2.24, 2.45) is 0 Å². The first-order valence-corrected chi connectivity index (χ1v) is 6.82. The van der Waals surface area contributed by atoms with Crippen LogP contribution in [0.1, 0.15) is 16.7 Å². The molecule has 0 radical (unpaired) electrons. The predicted octanol–water partition coefficient (Wildman–Crippen LogP) is 3.91. The Labute approximate surface area is 127 Å². The number of carbonyl (C=O) groups is 1. The zero-order chi connectivity index (χ0) is 16.3. The lowest BCUT2D eigenvalue weighted by atomic mass is 10.1. The summed E-state index contributed by atoms with van der Waals surface area (Å²) >= 11 is 0. The van der Waals surface area contributed by atoms with Crippen molar-refractivity contribution in [2.75, 3.05) is 11.9 Å². The molecule has 0 fully saturated rings. The average molecular weight is 305 g/mol. The van der Waals surface area contributed by atoms with Crippen LogP contribution >= 0.6 is 0 Å². The zero-order valence-corrected chi connectivity index (χ0v) is 12.7. The molecule has 22 heavy (non-hydrogen) atoms. The summed E-state index contributed by atoms with van der Waals surface area (Å²) in [6, 6.07) is 6.86. The van der Waals surface area contributed by atoms with E-state index in [9.17, 15) is 13.6 Å². The van der Waals surface area contributed by atoms with Gasteiger partial charge in [-0.2, -0.15) is 0 Å². The monoisotopic (exact) mass is 305 g/mol. The Balaban J connectivity index is 2.02. The smallest absolute Gasteiger partial charge is 0.262 e. The first-order chi connectivity index (χ1) is 10.4. The maximum absolute atomic E-state index is 13.4. The summed E-state index contributed by atoms with van der Waals surface area (Å²) in [5, 5.41) is 2.75. The maximum atomic E-state index is 13.4. The molecule has 2 aromatic rings. The fourth-order valence-corrected chi connectivity index (χ4v) is 2.29. The van der Waals surface area contributed by atoms with Gasteiger partial charge in [0.25, 0.3) is 5.91 Å². The van der Waals surface area contributed by atoms with E-state index >= 15 is 0 Å². The number of ether oxygens (including phenoxy) is 1. The van der Waals surface area contributed by atoms with Crippen LogP contribution in [0.4, 0.5) is 14.5 Å². The van der Waals surface area contributed by atoms with Gasteiger partial charge in [0.1, 0.15) is 5.82 Å². The van der Waals surface area contributed by atoms with Crippen LogP contribution in [0.3, 0.4) is 0 Å². The molecule has 0 atom stereocenters. The van der Waals surface area contributed by atoms with Gasteiger partial charge in [0, 0.05) is 11.8 Å². The highest BCUT2D eigenvalue weighted by Gasteiger charge is 2.11. The Morgan fingerprint density at radius 3 is 2.32 bits per heavy atom. The average Bonchev–Trinajstić information content (AvgIpc) is 2.42. The molecule has 2 aromatic carbocycles. The summed E-state index contributed by atoms with van der Waals surface area (Å²) in [7, 11) is 0. The van der Waals surface area contributed by atoms with E-state index in [1.807, 2.05) is 32.9 Å². The Bertz CT molecular complexity index is 691. The molecule has 0 aromatic heterocycles. The molecule has 1 amide bonds. The minimum atomic E-state index is -0.838. The van der Waals surface area contributed by atoms with Gasteiger partial charge < -0.3 is 10.1 Å². The first-order valence-electron chi connectivity index (χ1n) is 6.82. The quantitative estimate of drug-likeness (QED) is 0.930. The Hall–Kier alpha value is -2.43. The molecule has 0 saturated carbocycles. The summed E-state index contributed by atoms with van der Waals surface area (Å²) in [4.78, 5) is 11.9. The van der Waals surface area contributed by atoms with Crippen molar-refractivity contribution in [3.8, 4) is 5.75 Å². The molecule has 0 heterocycles. The van der Waals surface area contributed by atoms with Gasteiger partial charge in [-0.25, -0.2) is 8.78 Å². The molecular formula is C17H17F2NO2. The third-order valence-electron chi connectivity index (χ3n) is 3.19. The number of benzene rings is 2. The molecule has 116 valence electrons. The highest BCUT2D eigenvalue weighted by molar-refractivity contribution is 5.93. The van der Waals surface area contributed by atoms with Crippen LogP contribution in [0, 0.1) is 32.4 Å². The van der Waals surface area contributed by atoms with E-state index < -0.39 is 17.5 Å². The molecule has 0 aliphatic heterocycles. The molecule has 0 spiro atoms. The second kappa shape index (κ2) is 6.56. The normalized spacial score (nSPS) is 10.4. The van der Waals surface area contributed by atoms with Crippen molar-refractivity contribution in [1.82, 2.24) is 0 Å². The van der Waals surface area contributed by atoms with Crippen LogP contribution in [0.5, 0.6) is 5.75 Å². The molecule has 0 saturated heterocycles. The van der Waals surface area contributed by atoms with Gasteiger partial charge in [0.2, 0.25) is 0 Å². The lowest BCUT2D eigenvalue weighted by Crippen LogP contribution is -2.21. The molecule has 2 rings (SSSR count). The van der Waals surface area contributed by atoms with Crippen molar-refractivity contribution in [3.05, 3.63) is 58.7 Å². The van der Waals surface area contributed by atoms with Gasteiger partial charge in [0.05, 0.1) is 0 Å². The molecule has 0 aliphatic carbocycles. The number of hydrogen-bond donors (Lipinski definition) is 1. The van der Waals surface area contributed by atoms with E-state index in [1.54, 1.807) is 0 Å². The van der Waals surface area contributed by atoms with Gasteiger partial charge in [-0.05, 0) is 44.0 Å². The standard InChI is InChI=1S/C17H17F2NO2/c1-10-6-11(2)17(12(3)7-10)20-16(21)9-22-15-5-4-13(18)8-14(15)19/h4-8H,9H2,1-3H3,(H,20,21). The Kier molecular flexibility index (Phi) is 4.75. The van der Waals surface area contributed by atoms with Crippen LogP contribution in [-0.2, 0) is 4.79 Å². The van der Waals surface area contributed by atoms with Crippen molar-refractivity contribution in [3.63, 3.8) is 0 Å². The van der Waals surface area contributed by atoms with Crippen molar-refractivity contribution >= 4 is 11.6 Å². The molecule has 0 aliphatic rings. The van der Waals surface area contributed by atoms with Crippen LogP contribution in [0.2, 0.25) is 0 Å². The van der Waals surface area contributed by atoms with E-state index in [0.29, 0.717) is 6.07 Å². The maximum Gasteiger partial charge on any atom is 0.262 e. The fraction of sp³-hybridized carbons (Fsp3) is 0.235. The highest BCUT2D eigenvalue weighted by atomic mass is 19.1. The summed E-state index contributed by atoms with van der Waals surface area (Å²) in [5.41, 5.74) is 3.72. The topological polar surface area (TPSA) is 38.3 Å². The summed E-state index contributed by atoms with van der Waals surface area (Å²) < 4.78 is 31.3. The van der Waals surface area contributed by atoms with Gasteiger partial charge in [0.15, 0.2) is 18.2 Å². The SMILES string of the molecule is Cc1cc(C)c(NC(=O)COc2ccc(F)cc2F)c(C)c1. The molecule has 1 N–H and O–H groups in total. The van der Waals surface area contributed by atoms with E-state index in [2.05, 4.69) is 5.32 Å². The van der Waals surface area contributed by atoms with Crippen LogP contribution in [-0.4, -0.2) is 12.5 Å². The number of rotatable bonds is 4. The van der Waals surface area contributed by atoms with Gasteiger partial charge in [-0.1, -0.05) is 17.7 Å². The Morgan fingerprint density at radius 2 is 1.73 bits per heavy atom. The third kappa shape index (κ3) is 3.81. The molecule has 3 nitrogen and oxygen atoms in total.